The van der Waals surface area contributed by atoms with E-state index in [2.05, 4.69) is 10.6 Å². The molecule has 2 atom stereocenters. The molecule has 0 aliphatic carbocycles. The van der Waals surface area contributed by atoms with E-state index in [4.69, 9.17) is 0 Å². The van der Waals surface area contributed by atoms with E-state index in [1.54, 1.807) is 0 Å². The molecule has 0 aromatic heterocycles. The monoisotopic (exact) mass is 416 g/mol. The molecule has 3 aromatic rings. The Hall–Kier alpha value is -3.44. The maximum atomic E-state index is 13.3. The van der Waals surface area contributed by atoms with Crippen molar-refractivity contribution in [1.82, 2.24) is 0 Å². The number of hydrogen-bond acceptors (Lipinski definition) is 2. The van der Waals surface area contributed by atoms with Crippen LogP contribution in [-0.2, 0) is 9.59 Å². The molecular weight excluding hydrogens is 386 g/mol. The summed E-state index contributed by atoms with van der Waals surface area (Å²) in [6.45, 7) is 6.13. The molecule has 3 aromatic carbocycles. The first-order valence-corrected chi connectivity index (χ1v) is 10.5. The normalized spacial score (nSPS) is 12.6. The molecule has 31 heavy (non-hydrogen) atoms. The van der Waals surface area contributed by atoms with Gasteiger partial charge < -0.3 is 15.5 Å². The lowest BCUT2D eigenvalue weighted by molar-refractivity contribution is -0.893. The van der Waals surface area contributed by atoms with Crippen molar-refractivity contribution in [3.8, 4) is 0 Å². The quantitative estimate of drug-likeness (QED) is 0.553. The van der Waals surface area contributed by atoms with Gasteiger partial charge in [-0.05, 0) is 50.1 Å². The highest BCUT2D eigenvalue weighted by Crippen LogP contribution is 2.19. The average Bonchev–Trinajstić information content (AvgIpc) is 2.73. The van der Waals surface area contributed by atoms with Crippen molar-refractivity contribution >= 4 is 23.2 Å². The molecule has 2 amide bonds. The third-order valence-corrected chi connectivity index (χ3v) is 5.31. The largest absolute Gasteiger partial charge is 0.321 e. The van der Waals surface area contributed by atoms with E-state index < -0.39 is 6.04 Å². The van der Waals surface area contributed by atoms with E-state index in [0.29, 0.717) is 0 Å². The number of anilines is 2. The summed E-state index contributed by atoms with van der Waals surface area (Å²) in [5.41, 5.74) is 5.62. The number of hydrogen-bond donors (Lipinski definition) is 3. The highest BCUT2D eigenvalue weighted by molar-refractivity contribution is 5.96. The molecule has 0 heterocycles. The Morgan fingerprint density at radius 3 is 2.16 bits per heavy atom. The maximum Gasteiger partial charge on any atom is 0.287 e. The zero-order chi connectivity index (χ0) is 22.4. The number of nitrogens with one attached hydrogen (secondary N) is 3. The van der Waals surface area contributed by atoms with E-state index in [1.165, 1.54) is 0 Å². The Kier molecular flexibility index (Phi) is 7.21. The van der Waals surface area contributed by atoms with Crippen LogP contribution in [0.25, 0.3) is 0 Å². The molecular formula is C26H30N3O2+. The number of aryl methyl sites for hydroxylation is 3. The summed E-state index contributed by atoms with van der Waals surface area (Å²) in [5.74, 6) is -0.276. The van der Waals surface area contributed by atoms with Crippen LogP contribution in [0.2, 0.25) is 0 Å². The standard InChI is InChI=1S/C26H29N3O2/c1-18-11-14-22(15-12-18)27-24(30)17-29(4)25(21-8-6-5-7-9-21)26(31)28-23-16-19(2)10-13-20(23)3/h5-16,25H,17H2,1-4H3,(H,27,30)(H,28,31)/p+1/t25-/m0/s1. The minimum atomic E-state index is -0.523. The lowest BCUT2D eigenvalue weighted by Gasteiger charge is -2.24. The molecule has 0 saturated carbocycles. The maximum absolute atomic E-state index is 13.3. The van der Waals surface area contributed by atoms with Crippen molar-refractivity contribution in [2.24, 2.45) is 0 Å². The minimum Gasteiger partial charge on any atom is -0.321 e. The summed E-state index contributed by atoms with van der Waals surface area (Å²) in [4.78, 5) is 26.8. The van der Waals surface area contributed by atoms with Crippen LogP contribution in [0.15, 0.2) is 72.8 Å². The van der Waals surface area contributed by atoms with Gasteiger partial charge in [-0.25, -0.2) is 0 Å². The summed E-state index contributed by atoms with van der Waals surface area (Å²) < 4.78 is 0. The molecule has 3 N–H and O–H groups in total. The molecule has 0 bridgehead atoms. The Bertz CT molecular complexity index is 1050. The number of benzene rings is 3. The fraction of sp³-hybridized carbons (Fsp3) is 0.231. The third kappa shape index (κ3) is 6.03. The van der Waals surface area contributed by atoms with Crippen molar-refractivity contribution in [3.63, 3.8) is 0 Å². The molecule has 5 heteroatoms. The van der Waals surface area contributed by atoms with Gasteiger partial charge in [0.2, 0.25) is 0 Å². The fourth-order valence-corrected chi connectivity index (χ4v) is 3.58. The summed E-state index contributed by atoms with van der Waals surface area (Å²) in [7, 11) is 1.87. The predicted octanol–water partition coefficient (Wildman–Crippen LogP) is 3.45. The molecule has 160 valence electrons. The number of quaternary nitrogens is 1. The van der Waals surface area contributed by atoms with Gasteiger partial charge in [-0.2, -0.15) is 0 Å². The molecule has 0 aliphatic heterocycles. The fourth-order valence-electron chi connectivity index (χ4n) is 3.58. The molecule has 5 nitrogen and oxygen atoms in total. The topological polar surface area (TPSA) is 62.6 Å². The van der Waals surface area contributed by atoms with Gasteiger partial charge in [0.15, 0.2) is 12.6 Å². The van der Waals surface area contributed by atoms with Crippen LogP contribution >= 0.6 is 0 Å². The van der Waals surface area contributed by atoms with Gasteiger partial charge in [-0.15, -0.1) is 0 Å². The van der Waals surface area contributed by atoms with Gasteiger partial charge in [0.1, 0.15) is 0 Å². The van der Waals surface area contributed by atoms with E-state index in [0.717, 1.165) is 38.5 Å². The van der Waals surface area contributed by atoms with Crippen molar-refractivity contribution in [3.05, 3.63) is 95.1 Å². The second-order valence-corrected chi connectivity index (χ2v) is 8.09. The van der Waals surface area contributed by atoms with Gasteiger partial charge in [0.25, 0.3) is 11.8 Å². The number of carbonyl (C=O) groups excluding carboxylic acids is 2. The predicted molar refractivity (Wildman–Crippen MR) is 125 cm³/mol. The minimum absolute atomic E-state index is 0.137. The number of amides is 2. The Labute approximate surface area is 184 Å². The van der Waals surface area contributed by atoms with Crippen LogP contribution in [-0.4, -0.2) is 25.4 Å². The van der Waals surface area contributed by atoms with Crippen LogP contribution in [0.4, 0.5) is 11.4 Å². The first kappa shape index (κ1) is 22.2. The zero-order valence-electron chi connectivity index (χ0n) is 18.5. The Morgan fingerprint density at radius 1 is 0.839 bits per heavy atom. The molecule has 0 saturated heterocycles. The molecule has 0 fully saturated rings. The number of carbonyl (C=O) groups is 2. The molecule has 0 aliphatic rings. The third-order valence-electron chi connectivity index (χ3n) is 5.31. The van der Waals surface area contributed by atoms with Crippen molar-refractivity contribution in [2.75, 3.05) is 24.2 Å². The van der Waals surface area contributed by atoms with Gasteiger partial charge in [0, 0.05) is 16.9 Å². The second-order valence-electron chi connectivity index (χ2n) is 8.09. The van der Waals surface area contributed by atoms with E-state index in [9.17, 15) is 9.59 Å². The lowest BCUT2D eigenvalue weighted by Crippen LogP contribution is -3.11. The molecule has 0 spiro atoms. The summed E-state index contributed by atoms with van der Waals surface area (Å²) in [5, 5.41) is 5.99. The van der Waals surface area contributed by atoms with Crippen LogP contribution in [0, 0.1) is 20.8 Å². The van der Waals surface area contributed by atoms with Gasteiger partial charge in [-0.3, -0.25) is 9.59 Å². The smallest absolute Gasteiger partial charge is 0.287 e. The summed E-state index contributed by atoms with van der Waals surface area (Å²) >= 11 is 0. The average molecular weight is 417 g/mol. The molecule has 3 rings (SSSR count). The van der Waals surface area contributed by atoms with Crippen LogP contribution < -0.4 is 15.5 Å². The number of likely N-dealkylation sites (N-methyl/N-ethyl adjacent to an activating group) is 1. The second kappa shape index (κ2) is 10.0. The first-order chi connectivity index (χ1) is 14.8. The number of rotatable bonds is 7. The molecule has 0 radical (unpaired) electrons. The van der Waals surface area contributed by atoms with Crippen molar-refractivity contribution < 1.29 is 14.5 Å². The van der Waals surface area contributed by atoms with Crippen LogP contribution in [0.5, 0.6) is 0 Å². The molecule has 1 unspecified atom stereocenters. The van der Waals surface area contributed by atoms with Crippen LogP contribution in [0.1, 0.15) is 28.3 Å². The zero-order valence-corrected chi connectivity index (χ0v) is 18.5. The van der Waals surface area contributed by atoms with Crippen LogP contribution in [0.3, 0.4) is 0 Å². The summed E-state index contributed by atoms with van der Waals surface area (Å²) in [6.07, 6.45) is 0. The lowest BCUT2D eigenvalue weighted by atomic mass is 10.0. The van der Waals surface area contributed by atoms with E-state index in [1.807, 2.05) is 101 Å². The highest BCUT2D eigenvalue weighted by Gasteiger charge is 2.30. The van der Waals surface area contributed by atoms with Gasteiger partial charge >= 0.3 is 0 Å². The van der Waals surface area contributed by atoms with Crippen molar-refractivity contribution in [1.29, 1.82) is 0 Å². The van der Waals surface area contributed by atoms with Crippen molar-refractivity contribution in [2.45, 2.75) is 26.8 Å². The Morgan fingerprint density at radius 2 is 1.48 bits per heavy atom. The Balaban J connectivity index is 1.78. The van der Waals surface area contributed by atoms with Gasteiger partial charge in [-0.1, -0.05) is 60.2 Å². The van der Waals surface area contributed by atoms with E-state index in [-0.39, 0.29) is 18.4 Å². The highest BCUT2D eigenvalue weighted by atomic mass is 16.2. The SMILES string of the molecule is Cc1ccc(NC(=O)C[NH+](C)[C@H](C(=O)Nc2cc(C)ccc2C)c2ccccc2)cc1. The summed E-state index contributed by atoms with van der Waals surface area (Å²) in [6, 6.07) is 22.7. The van der Waals surface area contributed by atoms with Gasteiger partial charge in [0.05, 0.1) is 7.05 Å². The first-order valence-electron chi connectivity index (χ1n) is 10.5. The van der Waals surface area contributed by atoms with E-state index >= 15 is 0 Å².